The van der Waals surface area contributed by atoms with Crippen LogP contribution in [-0.4, -0.2) is 16.4 Å². The Morgan fingerprint density at radius 1 is 1.16 bits per heavy atom. The van der Waals surface area contributed by atoms with Crippen LogP contribution < -0.4 is 16.6 Å². The van der Waals surface area contributed by atoms with Crippen molar-refractivity contribution < 1.29 is 14.0 Å². The monoisotopic (exact) mass is 423 g/mol. The van der Waals surface area contributed by atoms with Crippen molar-refractivity contribution in [1.29, 1.82) is 0 Å². The largest absolute Gasteiger partial charge is 0.419 e. The molecule has 9 heteroatoms. The maximum Gasteiger partial charge on any atom is 0.419 e. The number of thiophene rings is 1. The molecule has 1 aromatic carbocycles. The minimum atomic E-state index is -0.446. The summed E-state index contributed by atoms with van der Waals surface area (Å²) in [6.07, 6.45) is 0.607. The van der Waals surface area contributed by atoms with Gasteiger partial charge in [-0.1, -0.05) is 12.1 Å². The number of halogens is 1. The molecule has 0 aliphatic rings. The molecule has 0 fully saturated rings. The fourth-order valence-corrected chi connectivity index (χ4v) is 3.59. The third-order valence-electron chi connectivity index (χ3n) is 3.47. The van der Waals surface area contributed by atoms with Crippen LogP contribution in [0.15, 0.2) is 49.4 Å². The van der Waals surface area contributed by atoms with Crippen molar-refractivity contribution in [1.82, 2.24) is 15.4 Å². The number of carbonyl (C=O) groups is 2. The molecule has 0 aliphatic carbocycles. The second-order valence-corrected chi connectivity index (χ2v) is 7.66. The van der Waals surface area contributed by atoms with E-state index in [0.29, 0.717) is 28.9 Å². The van der Waals surface area contributed by atoms with Gasteiger partial charge in [-0.15, -0.1) is 11.3 Å². The van der Waals surface area contributed by atoms with E-state index in [1.807, 2.05) is 6.07 Å². The van der Waals surface area contributed by atoms with Crippen LogP contribution >= 0.6 is 27.3 Å². The Hall–Kier alpha value is -2.39. The number of carbonyl (C=O) groups excluding carboxylic acids is 2. The Labute approximate surface area is 154 Å². The quantitative estimate of drug-likeness (QED) is 0.616. The van der Waals surface area contributed by atoms with Gasteiger partial charge in [-0.2, -0.15) is 0 Å². The number of fused-ring (bicyclic) bond motifs is 1. The summed E-state index contributed by atoms with van der Waals surface area (Å²) in [6.45, 7) is 0.356. The van der Waals surface area contributed by atoms with Gasteiger partial charge in [0.2, 0.25) is 5.91 Å². The molecule has 2 aromatic heterocycles. The summed E-state index contributed by atoms with van der Waals surface area (Å²) in [6, 6.07) is 10.5. The minimum absolute atomic E-state index is 0.167. The van der Waals surface area contributed by atoms with E-state index in [-0.39, 0.29) is 18.2 Å². The van der Waals surface area contributed by atoms with Crippen LogP contribution in [0.2, 0.25) is 0 Å². The Bertz CT molecular complexity index is 975. The van der Waals surface area contributed by atoms with Crippen molar-refractivity contribution in [2.75, 3.05) is 0 Å². The molecule has 2 heterocycles. The van der Waals surface area contributed by atoms with Crippen molar-refractivity contribution in [3.63, 3.8) is 0 Å². The van der Waals surface area contributed by atoms with Crippen LogP contribution in [0.5, 0.6) is 0 Å². The molecule has 0 radical (unpaired) electrons. The Kier molecular flexibility index (Phi) is 5.34. The average molecular weight is 424 g/mol. The highest BCUT2D eigenvalue weighted by Crippen LogP contribution is 2.21. The lowest BCUT2D eigenvalue weighted by Crippen LogP contribution is -2.41. The van der Waals surface area contributed by atoms with Crippen LogP contribution in [0.1, 0.15) is 22.5 Å². The van der Waals surface area contributed by atoms with E-state index < -0.39 is 5.76 Å². The normalized spacial score (nSPS) is 10.8. The third kappa shape index (κ3) is 4.18. The molecular formula is C16H14BrN3O4S. The lowest BCUT2D eigenvalue weighted by Gasteiger charge is -2.06. The van der Waals surface area contributed by atoms with Crippen molar-refractivity contribution in [2.45, 2.75) is 19.4 Å². The summed E-state index contributed by atoms with van der Waals surface area (Å²) in [5.41, 5.74) is 5.94. The van der Waals surface area contributed by atoms with Gasteiger partial charge >= 0.3 is 5.76 Å². The first-order chi connectivity index (χ1) is 12.0. The van der Waals surface area contributed by atoms with Crippen LogP contribution in [0, 0.1) is 0 Å². The fourth-order valence-electron chi connectivity index (χ4n) is 2.31. The number of rotatable bonds is 5. The van der Waals surface area contributed by atoms with Crippen LogP contribution in [0.3, 0.4) is 0 Å². The zero-order valence-electron chi connectivity index (χ0n) is 13.0. The molecule has 3 aromatic rings. The number of nitrogens with one attached hydrogen (secondary N) is 2. The van der Waals surface area contributed by atoms with Gasteiger partial charge in [0.05, 0.1) is 14.2 Å². The molecule has 0 saturated heterocycles. The molecule has 2 N–H and O–H groups in total. The number of para-hydroxylation sites is 2. The fraction of sp³-hybridized carbons (Fsp3) is 0.188. The number of oxazole rings is 1. The standard InChI is InChI=1S/C16H14BrN3O4S/c17-13-8-7-12(25-13)15(22)19-18-14(21)6-3-9-20-10-4-1-2-5-11(10)24-16(20)23/h1-2,4-5,7-8H,3,6,9H2,(H,18,21)(H,19,22). The number of benzene rings is 1. The molecule has 0 atom stereocenters. The number of hydrogen-bond donors (Lipinski definition) is 2. The lowest BCUT2D eigenvalue weighted by molar-refractivity contribution is -0.122. The van der Waals surface area contributed by atoms with Crippen LogP contribution in [-0.2, 0) is 11.3 Å². The average Bonchev–Trinajstić information content (AvgIpc) is 3.16. The van der Waals surface area contributed by atoms with E-state index in [4.69, 9.17) is 4.42 Å². The van der Waals surface area contributed by atoms with E-state index in [2.05, 4.69) is 26.8 Å². The highest BCUT2D eigenvalue weighted by molar-refractivity contribution is 9.11. The lowest BCUT2D eigenvalue weighted by atomic mass is 10.3. The molecule has 3 rings (SSSR count). The molecular weight excluding hydrogens is 410 g/mol. The summed E-state index contributed by atoms with van der Waals surface area (Å²) < 4.78 is 7.46. The van der Waals surface area contributed by atoms with E-state index in [0.717, 1.165) is 3.79 Å². The first-order valence-electron chi connectivity index (χ1n) is 7.47. The smallest absolute Gasteiger partial charge is 0.408 e. The maximum atomic E-state index is 11.8. The summed E-state index contributed by atoms with van der Waals surface area (Å²) in [5.74, 6) is -1.15. The molecule has 0 spiro atoms. The van der Waals surface area contributed by atoms with Gasteiger partial charge in [0, 0.05) is 13.0 Å². The van der Waals surface area contributed by atoms with Gasteiger partial charge in [-0.05, 0) is 46.6 Å². The number of amides is 2. The SMILES string of the molecule is O=C(CCCn1c(=O)oc2ccccc21)NNC(=O)c1ccc(Br)s1. The van der Waals surface area contributed by atoms with Gasteiger partial charge < -0.3 is 4.42 Å². The van der Waals surface area contributed by atoms with Crippen molar-refractivity contribution in [3.05, 3.63) is 55.6 Å². The first kappa shape index (κ1) is 17.4. The molecule has 0 aliphatic heterocycles. The molecule has 0 bridgehead atoms. The molecule has 0 saturated carbocycles. The Morgan fingerprint density at radius 2 is 1.96 bits per heavy atom. The second-order valence-electron chi connectivity index (χ2n) is 5.20. The van der Waals surface area contributed by atoms with Crippen molar-refractivity contribution in [2.24, 2.45) is 0 Å². The highest BCUT2D eigenvalue weighted by Gasteiger charge is 2.11. The van der Waals surface area contributed by atoms with Gasteiger partial charge in [0.25, 0.3) is 5.91 Å². The zero-order chi connectivity index (χ0) is 17.8. The predicted octanol–water partition coefficient (Wildman–Crippen LogP) is 2.66. The summed E-state index contributed by atoms with van der Waals surface area (Å²) in [5, 5.41) is 0. The van der Waals surface area contributed by atoms with Crippen LogP contribution in [0.4, 0.5) is 0 Å². The molecule has 0 unspecified atom stereocenters. The summed E-state index contributed by atoms with van der Waals surface area (Å²) >= 11 is 4.54. The number of aryl methyl sites for hydroxylation is 1. The topological polar surface area (TPSA) is 93.3 Å². The first-order valence-corrected chi connectivity index (χ1v) is 9.08. The predicted molar refractivity (Wildman–Crippen MR) is 97.3 cm³/mol. The second kappa shape index (κ2) is 7.66. The van der Waals surface area contributed by atoms with Gasteiger partial charge in [-0.25, -0.2) is 4.79 Å². The van der Waals surface area contributed by atoms with E-state index in [1.54, 1.807) is 30.3 Å². The number of aromatic nitrogens is 1. The Balaban J connectivity index is 1.48. The Morgan fingerprint density at radius 3 is 2.72 bits per heavy atom. The maximum absolute atomic E-state index is 11.8. The van der Waals surface area contributed by atoms with Crippen LogP contribution in [0.25, 0.3) is 11.1 Å². The van der Waals surface area contributed by atoms with Crippen molar-refractivity contribution >= 4 is 50.2 Å². The summed E-state index contributed by atoms with van der Waals surface area (Å²) in [7, 11) is 0. The number of nitrogens with zero attached hydrogens (tertiary/aromatic N) is 1. The number of hydrazine groups is 1. The van der Waals surface area contributed by atoms with E-state index >= 15 is 0 Å². The molecule has 7 nitrogen and oxygen atoms in total. The van der Waals surface area contributed by atoms with Gasteiger partial charge in [-0.3, -0.25) is 25.0 Å². The minimum Gasteiger partial charge on any atom is -0.408 e. The summed E-state index contributed by atoms with van der Waals surface area (Å²) in [4.78, 5) is 36.0. The van der Waals surface area contributed by atoms with Crippen molar-refractivity contribution in [3.8, 4) is 0 Å². The molecule has 2 amide bonds. The van der Waals surface area contributed by atoms with Gasteiger partial charge in [0.1, 0.15) is 0 Å². The van der Waals surface area contributed by atoms with E-state index in [9.17, 15) is 14.4 Å². The van der Waals surface area contributed by atoms with Gasteiger partial charge in [0.15, 0.2) is 5.58 Å². The molecule has 130 valence electrons. The van der Waals surface area contributed by atoms with E-state index in [1.165, 1.54) is 15.9 Å². The zero-order valence-corrected chi connectivity index (χ0v) is 15.4. The highest BCUT2D eigenvalue weighted by atomic mass is 79.9. The third-order valence-corrected chi connectivity index (χ3v) is 5.09. The molecule has 25 heavy (non-hydrogen) atoms. The number of hydrogen-bond acceptors (Lipinski definition) is 5.